The quantitative estimate of drug-likeness (QED) is 0.569. The predicted octanol–water partition coefficient (Wildman–Crippen LogP) is 1.42. The van der Waals surface area contributed by atoms with Gasteiger partial charge in [0.2, 0.25) is 0 Å². The fourth-order valence-electron chi connectivity index (χ4n) is 2.15. The number of alkyl halides is 3. The second-order valence-corrected chi connectivity index (χ2v) is 3.86. The van der Waals surface area contributed by atoms with Crippen molar-refractivity contribution in [1.29, 1.82) is 0 Å². The first-order valence-corrected chi connectivity index (χ1v) is 4.29. The number of carbonyl (C=O) groups excluding carboxylic acids is 1. The summed E-state index contributed by atoms with van der Waals surface area (Å²) < 4.78 is 36.1. The molecule has 1 saturated carbocycles. The van der Waals surface area contributed by atoms with Crippen molar-refractivity contribution in [2.45, 2.75) is 25.6 Å². The minimum absolute atomic E-state index is 0.223. The number of hydrogen-bond donors (Lipinski definition) is 0. The topological polar surface area (TPSA) is 20.3 Å². The van der Waals surface area contributed by atoms with Crippen LogP contribution in [0, 0.1) is 11.8 Å². The summed E-state index contributed by atoms with van der Waals surface area (Å²) in [5, 5.41) is 0. The van der Waals surface area contributed by atoms with Gasteiger partial charge in [0.25, 0.3) is 0 Å². The second-order valence-electron chi connectivity index (χ2n) is 3.86. The van der Waals surface area contributed by atoms with Crippen molar-refractivity contribution in [3.8, 4) is 0 Å². The van der Waals surface area contributed by atoms with Gasteiger partial charge in [-0.3, -0.25) is 4.79 Å². The summed E-state index contributed by atoms with van der Waals surface area (Å²) in [7, 11) is 0. The lowest BCUT2D eigenvalue weighted by atomic mass is 10.2. The van der Waals surface area contributed by atoms with Crippen LogP contribution in [0.1, 0.15) is 13.3 Å². The summed E-state index contributed by atoms with van der Waals surface area (Å²) in [5.41, 5.74) is 0. The molecule has 1 saturated heterocycles. The van der Waals surface area contributed by atoms with Gasteiger partial charge >= 0.3 is 12.1 Å². The van der Waals surface area contributed by atoms with E-state index in [0.717, 1.165) is 11.3 Å². The molecule has 0 aromatic carbocycles. The van der Waals surface area contributed by atoms with Crippen LogP contribution in [0.5, 0.6) is 0 Å². The summed E-state index contributed by atoms with van der Waals surface area (Å²) in [6.45, 7) is 1.99. The molecule has 0 bridgehead atoms. The maximum absolute atomic E-state index is 12.0. The third-order valence-corrected chi connectivity index (χ3v) is 3.02. The fourth-order valence-corrected chi connectivity index (χ4v) is 2.15. The van der Waals surface area contributed by atoms with Gasteiger partial charge in [0.05, 0.1) is 0 Å². The average molecular weight is 193 g/mol. The summed E-state index contributed by atoms with van der Waals surface area (Å²) in [6.07, 6.45) is -3.71. The zero-order chi connectivity index (χ0) is 9.80. The molecule has 2 nitrogen and oxygen atoms in total. The highest BCUT2D eigenvalue weighted by Gasteiger charge is 2.56. The molecule has 3 unspecified atom stereocenters. The van der Waals surface area contributed by atoms with E-state index in [1.54, 1.807) is 6.92 Å². The van der Waals surface area contributed by atoms with Gasteiger partial charge in [-0.25, -0.2) is 0 Å². The SMILES string of the molecule is CC1C2CC2CN1C(=O)C(F)(F)F. The third-order valence-electron chi connectivity index (χ3n) is 3.02. The Hall–Kier alpha value is -0.740. The number of piperidine rings is 1. The first-order valence-electron chi connectivity index (χ1n) is 4.29. The molecule has 0 aromatic heterocycles. The minimum atomic E-state index is -4.70. The standard InChI is InChI=1S/C8H10F3NO/c1-4-6-2-5(6)3-12(4)7(13)8(9,10)11/h4-6H,2-3H2,1H3. The van der Waals surface area contributed by atoms with Crippen LogP contribution >= 0.6 is 0 Å². The molecule has 0 radical (unpaired) electrons. The number of fused-ring (bicyclic) bond motifs is 1. The van der Waals surface area contributed by atoms with E-state index in [9.17, 15) is 18.0 Å². The molecule has 2 aliphatic rings. The molecule has 1 aliphatic heterocycles. The monoisotopic (exact) mass is 193 g/mol. The van der Waals surface area contributed by atoms with E-state index in [0.29, 0.717) is 18.4 Å². The van der Waals surface area contributed by atoms with Crippen LogP contribution in [0.4, 0.5) is 13.2 Å². The zero-order valence-electron chi connectivity index (χ0n) is 7.14. The molecule has 1 aliphatic carbocycles. The largest absolute Gasteiger partial charge is 0.471 e. The Morgan fingerprint density at radius 2 is 2.08 bits per heavy atom. The van der Waals surface area contributed by atoms with Gasteiger partial charge in [0.1, 0.15) is 0 Å². The van der Waals surface area contributed by atoms with Gasteiger partial charge in [0.15, 0.2) is 0 Å². The molecule has 0 aromatic rings. The first kappa shape index (κ1) is 8.84. The Morgan fingerprint density at radius 3 is 2.46 bits per heavy atom. The van der Waals surface area contributed by atoms with Gasteiger partial charge < -0.3 is 4.90 Å². The number of nitrogens with zero attached hydrogens (tertiary/aromatic N) is 1. The van der Waals surface area contributed by atoms with Crippen LogP contribution in [0.25, 0.3) is 0 Å². The van der Waals surface area contributed by atoms with E-state index >= 15 is 0 Å². The fraction of sp³-hybridized carbons (Fsp3) is 0.875. The number of carbonyl (C=O) groups is 1. The number of amides is 1. The Balaban J connectivity index is 2.06. The summed E-state index contributed by atoms with van der Waals surface area (Å²) in [4.78, 5) is 11.8. The molecule has 2 fully saturated rings. The second kappa shape index (κ2) is 2.39. The smallest absolute Gasteiger partial charge is 0.332 e. The van der Waals surface area contributed by atoms with Crippen LogP contribution in [0.3, 0.4) is 0 Å². The van der Waals surface area contributed by atoms with Crippen molar-refractivity contribution in [2.75, 3.05) is 6.54 Å². The van der Waals surface area contributed by atoms with Gasteiger partial charge in [-0.05, 0) is 25.2 Å². The maximum Gasteiger partial charge on any atom is 0.471 e. The van der Waals surface area contributed by atoms with E-state index in [1.165, 1.54) is 0 Å². The van der Waals surface area contributed by atoms with Gasteiger partial charge in [-0.2, -0.15) is 13.2 Å². The molecule has 5 heteroatoms. The highest BCUT2D eigenvalue weighted by atomic mass is 19.4. The molecule has 1 heterocycles. The van der Waals surface area contributed by atoms with Crippen LogP contribution in [0.15, 0.2) is 0 Å². The molecule has 13 heavy (non-hydrogen) atoms. The molecule has 2 rings (SSSR count). The van der Waals surface area contributed by atoms with E-state index in [4.69, 9.17) is 0 Å². The van der Waals surface area contributed by atoms with Crippen molar-refractivity contribution < 1.29 is 18.0 Å². The van der Waals surface area contributed by atoms with Gasteiger partial charge in [0, 0.05) is 12.6 Å². The lowest BCUT2D eigenvalue weighted by Gasteiger charge is -2.25. The number of hydrogen-bond acceptors (Lipinski definition) is 1. The predicted molar refractivity (Wildman–Crippen MR) is 38.8 cm³/mol. The normalized spacial score (nSPS) is 37.5. The Morgan fingerprint density at radius 1 is 1.46 bits per heavy atom. The highest BCUT2D eigenvalue weighted by Crippen LogP contribution is 2.49. The Kier molecular flexibility index (Phi) is 1.63. The van der Waals surface area contributed by atoms with Gasteiger partial charge in [-0.1, -0.05) is 0 Å². The van der Waals surface area contributed by atoms with Crippen molar-refractivity contribution in [3.05, 3.63) is 0 Å². The lowest BCUT2D eigenvalue weighted by molar-refractivity contribution is -0.186. The van der Waals surface area contributed by atoms with Crippen molar-refractivity contribution in [3.63, 3.8) is 0 Å². The van der Waals surface area contributed by atoms with Crippen LogP contribution < -0.4 is 0 Å². The van der Waals surface area contributed by atoms with Crippen LogP contribution in [0.2, 0.25) is 0 Å². The first-order chi connectivity index (χ1) is 5.91. The zero-order valence-corrected chi connectivity index (χ0v) is 7.14. The van der Waals surface area contributed by atoms with Crippen molar-refractivity contribution in [1.82, 2.24) is 4.90 Å². The molecular weight excluding hydrogens is 183 g/mol. The summed E-state index contributed by atoms with van der Waals surface area (Å²) in [6, 6.07) is -0.223. The number of halogens is 3. The molecule has 0 N–H and O–H groups in total. The molecule has 74 valence electrons. The van der Waals surface area contributed by atoms with Crippen molar-refractivity contribution in [2.24, 2.45) is 11.8 Å². The molecular formula is C8H10F3NO. The molecule has 3 atom stereocenters. The van der Waals surface area contributed by atoms with Gasteiger partial charge in [-0.15, -0.1) is 0 Å². The van der Waals surface area contributed by atoms with Crippen molar-refractivity contribution >= 4 is 5.91 Å². The summed E-state index contributed by atoms with van der Waals surface area (Å²) >= 11 is 0. The molecule has 1 amide bonds. The van der Waals surface area contributed by atoms with Crippen LogP contribution in [-0.4, -0.2) is 29.6 Å². The Bertz CT molecular complexity index is 250. The molecule has 0 spiro atoms. The van der Waals surface area contributed by atoms with Crippen LogP contribution in [-0.2, 0) is 4.79 Å². The number of likely N-dealkylation sites (tertiary alicyclic amines) is 1. The third kappa shape index (κ3) is 1.30. The van der Waals surface area contributed by atoms with E-state index in [-0.39, 0.29) is 6.04 Å². The van der Waals surface area contributed by atoms with E-state index in [2.05, 4.69) is 0 Å². The number of rotatable bonds is 0. The lowest BCUT2D eigenvalue weighted by Crippen LogP contribution is -2.44. The minimum Gasteiger partial charge on any atom is -0.332 e. The average Bonchev–Trinajstić information content (AvgIpc) is 2.69. The highest BCUT2D eigenvalue weighted by molar-refractivity contribution is 5.82. The summed E-state index contributed by atoms with van der Waals surface area (Å²) in [5.74, 6) is -1.01. The van der Waals surface area contributed by atoms with E-state index in [1.807, 2.05) is 0 Å². The van der Waals surface area contributed by atoms with E-state index < -0.39 is 12.1 Å². The maximum atomic E-state index is 12.0. The Labute approximate surface area is 73.7 Å².